The maximum absolute atomic E-state index is 5.22. The molecule has 1 aromatic carbocycles. The molecule has 0 aliphatic rings. The third-order valence-corrected chi connectivity index (χ3v) is 2.05. The highest BCUT2D eigenvalue weighted by molar-refractivity contribution is 5.53. The van der Waals surface area contributed by atoms with Crippen molar-refractivity contribution in [2.24, 2.45) is 5.90 Å². The zero-order chi connectivity index (χ0) is 11.3. The molecule has 1 aromatic rings. The van der Waals surface area contributed by atoms with E-state index in [4.69, 9.17) is 20.1 Å². The molecule has 84 valence electrons. The van der Waals surface area contributed by atoms with Gasteiger partial charge in [0.2, 0.25) is 0 Å². The van der Waals surface area contributed by atoms with Crippen molar-refractivity contribution in [2.75, 3.05) is 21.3 Å². The molecule has 0 saturated heterocycles. The van der Waals surface area contributed by atoms with Crippen LogP contribution in [0.5, 0.6) is 17.2 Å². The number of nitrogens with two attached hydrogens (primary N) is 1. The largest absolute Gasteiger partial charge is 0.496 e. The van der Waals surface area contributed by atoms with Crippen LogP contribution in [0.4, 0.5) is 0 Å². The summed E-state index contributed by atoms with van der Waals surface area (Å²) in [5.41, 5.74) is 0.724. The van der Waals surface area contributed by atoms with Gasteiger partial charge >= 0.3 is 0 Å². The molecule has 2 N–H and O–H groups in total. The fourth-order valence-electron chi connectivity index (χ4n) is 1.38. The molecule has 0 atom stereocenters. The summed E-state index contributed by atoms with van der Waals surface area (Å²) in [5.74, 6) is 6.89. The minimum atomic E-state index is 0.198. The zero-order valence-electron chi connectivity index (χ0n) is 9.07. The fourth-order valence-corrected chi connectivity index (χ4v) is 1.38. The van der Waals surface area contributed by atoms with Gasteiger partial charge in [-0.05, 0) is 12.1 Å². The van der Waals surface area contributed by atoms with E-state index >= 15 is 0 Å². The average molecular weight is 213 g/mol. The Labute approximate surface area is 88.6 Å². The van der Waals surface area contributed by atoms with Crippen molar-refractivity contribution in [3.05, 3.63) is 17.7 Å². The normalized spacial score (nSPS) is 9.87. The topological polar surface area (TPSA) is 62.9 Å². The first-order chi connectivity index (χ1) is 7.28. The SMILES string of the molecule is COc1ccc(OC)c(OC)c1CON. The van der Waals surface area contributed by atoms with Crippen molar-refractivity contribution in [2.45, 2.75) is 6.61 Å². The Kier molecular flexibility index (Phi) is 4.20. The lowest BCUT2D eigenvalue weighted by Crippen LogP contribution is -2.04. The van der Waals surface area contributed by atoms with E-state index in [9.17, 15) is 0 Å². The summed E-state index contributed by atoms with van der Waals surface area (Å²) in [6, 6.07) is 3.54. The van der Waals surface area contributed by atoms with Crippen LogP contribution in [-0.2, 0) is 11.4 Å². The van der Waals surface area contributed by atoms with Crippen molar-refractivity contribution >= 4 is 0 Å². The Balaban J connectivity index is 3.24. The molecule has 0 unspecified atom stereocenters. The van der Waals surface area contributed by atoms with Crippen molar-refractivity contribution in [1.29, 1.82) is 0 Å². The highest BCUT2D eigenvalue weighted by Gasteiger charge is 2.15. The van der Waals surface area contributed by atoms with Crippen LogP contribution in [0, 0.1) is 0 Å². The first-order valence-electron chi connectivity index (χ1n) is 4.38. The molecule has 0 aliphatic carbocycles. The van der Waals surface area contributed by atoms with Crippen molar-refractivity contribution in [3.8, 4) is 17.2 Å². The van der Waals surface area contributed by atoms with E-state index in [0.29, 0.717) is 17.2 Å². The summed E-state index contributed by atoms with van der Waals surface area (Å²) in [6.07, 6.45) is 0. The highest BCUT2D eigenvalue weighted by atomic mass is 16.6. The molecule has 0 radical (unpaired) electrons. The van der Waals surface area contributed by atoms with Crippen molar-refractivity contribution in [1.82, 2.24) is 0 Å². The van der Waals surface area contributed by atoms with Crippen LogP contribution in [0.2, 0.25) is 0 Å². The van der Waals surface area contributed by atoms with E-state index in [1.807, 2.05) is 0 Å². The Morgan fingerprint density at radius 2 is 1.60 bits per heavy atom. The predicted octanol–water partition coefficient (Wildman–Crippen LogP) is 1.10. The van der Waals surface area contributed by atoms with Gasteiger partial charge in [-0.1, -0.05) is 0 Å². The van der Waals surface area contributed by atoms with Gasteiger partial charge in [0, 0.05) is 0 Å². The zero-order valence-corrected chi connectivity index (χ0v) is 9.07. The molecule has 0 amide bonds. The Morgan fingerprint density at radius 1 is 1.00 bits per heavy atom. The molecule has 15 heavy (non-hydrogen) atoms. The maximum Gasteiger partial charge on any atom is 0.170 e. The van der Waals surface area contributed by atoms with Crippen molar-refractivity contribution in [3.63, 3.8) is 0 Å². The molecule has 5 heteroatoms. The van der Waals surface area contributed by atoms with Gasteiger partial charge in [0.05, 0.1) is 26.9 Å². The highest BCUT2D eigenvalue weighted by Crippen LogP contribution is 2.37. The number of benzene rings is 1. The summed E-state index contributed by atoms with van der Waals surface area (Å²) in [5, 5.41) is 0. The summed E-state index contributed by atoms with van der Waals surface area (Å²) in [7, 11) is 4.69. The van der Waals surface area contributed by atoms with Crippen LogP contribution < -0.4 is 20.1 Å². The van der Waals surface area contributed by atoms with Gasteiger partial charge in [0.25, 0.3) is 0 Å². The molecular weight excluding hydrogens is 198 g/mol. The van der Waals surface area contributed by atoms with Crippen LogP contribution >= 0.6 is 0 Å². The second-order valence-electron chi connectivity index (χ2n) is 2.79. The number of methoxy groups -OCH3 is 3. The van der Waals surface area contributed by atoms with Crippen LogP contribution in [0.3, 0.4) is 0 Å². The Morgan fingerprint density at radius 3 is 2.07 bits per heavy atom. The van der Waals surface area contributed by atoms with Gasteiger partial charge in [-0.2, -0.15) is 0 Å². The van der Waals surface area contributed by atoms with Gasteiger partial charge in [-0.15, -0.1) is 0 Å². The molecule has 0 aliphatic heterocycles. The van der Waals surface area contributed by atoms with Gasteiger partial charge in [0.1, 0.15) is 12.4 Å². The lowest BCUT2D eigenvalue weighted by molar-refractivity contribution is 0.119. The van der Waals surface area contributed by atoms with E-state index < -0.39 is 0 Å². The molecule has 0 fully saturated rings. The monoisotopic (exact) mass is 213 g/mol. The maximum atomic E-state index is 5.22. The molecule has 0 spiro atoms. The number of rotatable bonds is 5. The third kappa shape index (κ3) is 2.31. The predicted molar refractivity (Wildman–Crippen MR) is 55.1 cm³/mol. The molecule has 0 bridgehead atoms. The fraction of sp³-hybridized carbons (Fsp3) is 0.400. The smallest absolute Gasteiger partial charge is 0.170 e. The van der Waals surface area contributed by atoms with E-state index in [-0.39, 0.29) is 6.61 Å². The molecule has 5 nitrogen and oxygen atoms in total. The third-order valence-electron chi connectivity index (χ3n) is 2.05. The lowest BCUT2D eigenvalue weighted by atomic mass is 10.1. The van der Waals surface area contributed by atoms with Gasteiger partial charge in [0.15, 0.2) is 11.5 Å². The number of ether oxygens (including phenoxy) is 3. The Hall–Kier alpha value is -1.46. The van der Waals surface area contributed by atoms with Crippen LogP contribution in [-0.4, -0.2) is 21.3 Å². The van der Waals surface area contributed by atoms with Gasteiger partial charge in [-0.25, -0.2) is 5.90 Å². The van der Waals surface area contributed by atoms with E-state index in [1.54, 1.807) is 33.5 Å². The van der Waals surface area contributed by atoms with Crippen LogP contribution in [0.25, 0.3) is 0 Å². The molecule has 1 rings (SSSR count). The van der Waals surface area contributed by atoms with Gasteiger partial charge < -0.3 is 14.2 Å². The minimum Gasteiger partial charge on any atom is -0.496 e. The summed E-state index contributed by atoms with van der Waals surface area (Å²) < 4.78 is 15.5. The Bertz CT molecular complexity index is 327. The summed E-state index contributed by atoms with van der Waals surface area (Å²) in [6.45, 7) is 0.198. The summed E-state index contributed by atoms with van der Waals surface area (Å²) in [4.78, 5) is 4.60. The molecular formula is C10H15NO4. The van der Waals surface area contributed by atoms with Crippen LogP contribution in [0.15, 0.2) is 12.1 Å². The average Bonchev–Trinajstić information content (AvgIpc) is 2.28. The first-order valence-corrected chi connectivity index (χ1v) is 4.38. The summed E-state index contributed by atoms with van der Waals surface area (Å²) >= 11 is 0. The van der Waals surface area contributed by atoms with E-state index in [0.717, 1.165) is 5.56 Å². The molecule has 0 saturated carbocycles. The molecule has 0 aromatic heterocycles. The number of hydrogen-bond acceptors (Lipinski definition) is 5. The quantitative estimate of drug-likeness (QED) is 0.742. The van der Waals surface area contributed by atoms with Gasteiger partial charge in [-0.3, -0.25) is 4.84 Å². The standard InChI is InChI=1S/C10H15NO4/c1-12-8-4-5-9(13-2)10(14-3)7(8)6-15-11/h4-5H,6,11H2,1-3H3. The lowest BCUT2D eigenvalue weighted by Gasteiger charge is -2.15. The number of hydrogen-bond donors (Lipinski definition) is 1. The minimum absolute atomic E-state index is 0.198. The molecule has 0 heterocycles. The van der Waals surface area contributed by atoms with E-state index in [1.165, 1.54) is 0 Å². The first kappa shape index (κ1) is 11.6. The van der Waals surface area contributed by atoms with Crippen LogP contribution in [0.1, 0.15) is 5.56 Å². The second kappa shape index (κ2) is 5.43. The second-order valence-corrected chi connectivity index (χ2v) is 2.79. The van der Waals surface area contributed by atoms with Crippen molar-refractivity contribution < 1.29 is 19.0 Å². The van der Waals surface area contributed by atoms with E-state index in [2.05, 4.69) is 4.84 Å².